The number of hydrogen-bond donors (Lipinski definition) is 0. The first kappa shape index (κ1) is 51.4. The minimum Gasteiger partial charge on any atom is -0.462 e. The van der Waals surface area contributed by atoms with Crippen LogP contribution in [0.2, 0.25) is 0 Å². The summed E-state index contributed by atoms with van der Waals surface area (Å²) in [7, 11) is 0. The van der Waals surface area contributed by atoms with E-state index in [4.69, 9.17) is 14.2 Å². The van der Waals surface area contributed by atoms with Crippen LogP contribution < -0.4 is 0 Å². The van der Waals surface area contributed by atoms with Crippen molar-refractivity contribution in [2.45, 2.75) is 259 Å². The van der Waals surface area contributed by atoms with Crippen LogP contribution in [0.5, 0.6) is 0 Å². The highest BCUT2D eigenvalue weighted by molar-refractivity contribution is 5.71. The molecule has 0 bridgehead atoms. The molecule has 0 N–H and O–H groups in total. The van der Waals surface area contributed by atoms with Gasteiger partial charge in [0, 0.05) is 19.3 Å². The normalized spacial score (nSPS) is 12.1. The van der Waals surface area contributed by atoms with E-state index in [0.717, 1.165) is 69.6 Å². The second kappa shape index (κ2) is 40.1. The summed E-state index contributed by atoms with van der Waals surface area (Å²) in [6, 6.07) is 0. The van der Waals surface area contributed by atoms with Crippen molar-refractivity contribution in [2.75, 3.05) is 13.2 Å². The van der Waals surface area contributed by atoms with Crippen LogP contribution in [0.1, 0.15) is 253 Å². The quantitative estimate of drug-likeness (QED) is 0.0352. The Bertz CT molecular complexity index is 809. The molecule has 0 aromatic rings. The molecule has 0 rings (SSSR count). The molecule has 1 atom stereocenters. The van der Waals surface area contributed by atoms with Gasteiger partial charge in [-0.2, -0.15) is 0 Å². The van der Waals surface area contributed by atoms with Crippen LogP contribution in [0, 0.1) is 11.8 Å². The zero-order valence-electron chi connectivity index (χ0n) is 36.1. The van der Waals surface area contributed by atoms with Gasteiger partial charge in [-0.15, -0.1) is 0 Å². The minimum absolute atomic E-state index is 0.0656. The van der Waals surface area contributed by atoms with Gasteiger partial charge in [0.05, 0.1) is 0 Å². The first-order chi connectivity index (χ1) is 25.7. The lowest BCUT2D eigenvalue weighted by atomic mass is 10.0. The van der Waals surface area contributed by atoms with Gasteiger partial charge in [0.1, 0.15) is 13.2 Å². The Balaban J connectivity index is 4.30. The minimum atomic E-state index is -0.761. The fraction of sp³-hybridized carbons (Fsp3) is 0.936. The van der Waals surface area contributed by atoms with Gasteiger partial charge in [0.15, 0.2) is 6.10 Å². The summed E-state index contributed by atoms with van der Waals surface area (Å²) in [6.45, 7) is 11.3. The van der Waals surface area contributed by atoms with E-state index in [1.165, 1.54) is 141 Å². The molecule has 0 radical (unpaired) electrons. The van der Waals surface area contributed by atoms with E-state index in [1.807, 2.05) is 0 Å². The number of unbranched alkanes of at least 4 members (excludes halogenated alkanes) is 26. The Morgan fingerprint density at radius 2 is 0.623 bits per heavy atom. The zero-order chi connectivity index (χ0) is 39.0. The average molecular weight is 751 g/mol. The molecule has 0 spiro atoms. The van der Waals surface area contributed by atoms with E-state index in [1.54, 1.807) is 0 Å². The predicted molar refractivity (Wildman–Crippen MR) is 224 cm³/mol. The molecule has 0 saturated carbocycles. The molecular formula is C47H90O6. The van der Waals surface area contributed by atoms with Gasteiger partial charge in [-0.05, 0) is 31.1 Å². The molecule has 53 heavy (non-hydrogen) atoms. The smallest absolute Gasteiger partial charge is 0.306 e. The molecule has 314 valence electrons. The zero-order valence-corrected chi connectivity index (χ0v) is 36.1. The van der Waals surface area contributed by atoms with Crippen molar-refractivity contribution in [3.63, 3.8) is 0 Å². The van der Waals surface area contributed by atoms with Crippen LogP contribution in [0.15, 0.2) is 0 Å². The largest absolute Gasteiger partial charge is 0.462 e. The molecule has 6 nitrogen and oxygen atoms in total. The molecule has 0 saturated heterocycles. The molecule has 0 aliphatic carbocycles. The number of carbonyl (C=O) groups is 3. The highest BCUT2D eigenvalue weighted by Gasteiger charge is 2.19. The molecule has 0 amide bonds. The van der Waals surface area contributed by atoms with Crippen LogP contribution in [-0.2, 0) is 28.6 Å². The van der Waals surface area contributed by atoms with Gasteiger partial charge < -0.3 is 14.2 Å². The van der Waals surface area contributed by atoms with Crippen LogP contribution >= 0.6 is 0 Å². The lowest BCUT2D eigenvalue weighted by Gasteiger charge is -2.18. The fourth-order valence-electron chi connectivity index (χ4n) is 6.93. The third kappa shape index (κ3) is 41.4. The molecule has 0 fully saturated rings. The summed E-state index contributed by atoms with van der Waals surface area (Å²) in [6.07, 6.45) is 38.1. The summed E-state index contributed by atoms with van der Waals surface area (Å²) in [5.41, 5.74) is 0. The van der Waals surface area contributed by atoms with E-state index in [9.17, 15) is 14.4 Å². The van der Waals surface area contributed by atoms with Crippen molar-refractivity contribution in [3.8, 4) is 0 Å². The summed E-state index contributed by atoms with van der Waals surface area (Å²) in [5.74, 6) is 0.716. The van der Waals surface area contributed by atoms with Crippen molar-refractivity contribution in [1.82, 2.24) is 0 Å². The number of hydrogen-bond acceptors (Lipinski definition) is 6. The van der Waals surface area contributed by atoms with Gasteiger partial charge in [-0.25, -0.2) is 0 Å². The second-order valence-corrected chi connectivity index (χ2v) is 17.0. The maximum absolute atomic E-state index is 12.7. The van der Waals surface area contributed by atoms with Crippen molar-refractivity contribution < 1.29 is 28.6 Å². The third-order valence-corrected chi connectivity index (χ3v) is 10.5. The van der Waals surface area contributed by atoms with Crippen molar-refractivity contribution in [3.05, 3.63) is 0 Å². The Morgan fingerprint density at radius 3 is 0.925 bits per heavy atom. The summed E-state index contributed by atoms with van der Waals surface area (Å²) in [4.78, 5) is 37.7. The third-order valence-electron chi connectivity index (χ3n) is 10.5. The Morgan fingerprint density at radius 1 is 0.358 bits per heavy atom. The summed E-state index contributed by atoms with van der Waals surface area (Å²) >= 11 is 0. The molecule has 0 heterocycles. The molecule has 6 heteroatoms. The number of ether oxygens (including phenoxy) is 3. The standard InChI is InChI=1S/C47H90O6/c1-6-7-8-9-10-11-12-13-14-18-21-27-32-37-45(48)51-40-44(53-47(50)39-34-29-24-23-26-31-36-43(4)5)41-52-46(49)38-33-28-22-19-16-15-17-20-25-30-35-42(2)3/h42-44H,6-41H2,1-5H3/t44-/m1/s1. The van der Waals surface area contributed by atoms with Crippen LogP contribution in [-0.4, -0.2) is 37.2 Å². The number of esters is 3. The van der Waals surface area contributed by atoms with Crippen molar-refractivity contribution >= 4 is 17.9 Å². The van der Waals surface area contributed by atoms with Crippen molar-refractivity contribution in [2.24, 2.45) is 11.8 Å². The fourth-order valence-corrected chi connectivity index (χ4v) is 6.93. The molecule has 0 aromatic heterocycles. The summed E-state index contributed by atoms with van der Waals surface area (Å²) in [5, 5.41) is 0. The second-order valence-electron chi connectivity index (χ2n) is 17.0. The van der Waals surface area contributed by atoms with Crippen LogP contribution in [0.3, 0.4) is 0 Å². The number of rotatable bonds is 41. The maximum Gasteiger partial charge on any atom is 0.306 e. The maximum atomic E-state index is 12.7. The Hall–Kier alpha value is -1.59. The lowest BCUT2D eigenvalue weighted by molar-refractivity contribution is -0.167. The van der Waals surface area contributed by atoms with E-state index < -0.39 is 6.10 Å². The van der Waals surface area contributed by atoms with E-state index in [0.29, 0.717) is 19.3 Å². The molecule has 0 unspecified atom stereocenters. The lowest BCUT2D eigenvalue weighted by Crippen LogP contribution is -2.30. The highest BCUT2D eigenvalue weighted by atomic mass is 16.6. The Kier molecular flexibility index (Phi) is 38.9. The topological polar surface area (TPSA) is 78.9 Å². The SMILES string of the molecule is CCCCCCCCCCCCCCCC(=O)OC[C@H](COC(=O)CCCCCCCCCCCCC(C)C)OC(=O)CCCCCCCCC(C)C. The van der Waals surface area contributed by atoms with E-state index >= 15 is 0 Å². The molecule has 0 aliphatic heterocycles. The average Bonchev–Trinajstić information content (AvgIpc) is 3.12. The Labute approximate surface area is 329 Å². The summed E-state index contributed by atoms with van der Waals surface area (Å²) < 4.78 is 16.7. The van der Waals surface area contributed by atoms with Gasteiger partial charge in [0.2, 0.25) is 0 Å². The molecular weight excluding hydrogens is 661 g/mol. The van der Waals surface area contributed by atoms with E-state index in [-0.39, 0.29) is 31.1 Å². The molecule has 0 aromatic carbocycles. The van der Waals surface area contributed by atoms with Gasteiger partial charge in [-0.3, -0.25) is 14.4 Å². The monoisotopic (exact) mass is 751 g/mol. The van der Waals surface area contributed by atoms with Crippen LogP contribution in [0.25, 0.3) is 0 Å². The van der Waals surface area contributed by atoms with Crippen molar-refractivity contribution in [1.29, 1.82) is 0 Å². The van der Waals surface area contributed by atoms with Crippen LogP contribution in [0.4, 0.5) is 0 Å². The van der Waals surface area contributed by atoms with Gasteiger partial charge in [0.25, 0.3) is 0 Å². The van der Waals surface area contributed by atoms with E-state index in [2.05, 4.69) is 34.6 Å². The predicted octanol–water partition coefficient (Wildman–Crippen LogP) is 14.6. The highest BCUT2D eigenvalue weighted by Crippen LogP contribution is 2.16. The number of carbonyl (C=O) groups excluding carboxylic acids is 3. The van der Waals surface area contributed by atoms with Gasteiger partial charge >= 0.3 is 17.9 Å². The first-order valence-corrected chi connectivity index (χ1v) is 23.2. The van der Waals surface area contributed by atoms with Gasteiger partial charge in [-0.1, -0.05) is 214 Å². The molecule has 0 aliphatic rings. The first-order valence-electron chi connectivity index (χ1n) is 23.2.